The summed E-state index contributed by atoms with van der Waals surface area (Å²) in [5.74, 6) is 1.18. The molecule has 4 rings (SSSR count). The highest BCUT2D eigenvalue weighted by Gasteiger charge is 2.40. The van der Waals surface area contributed by atoms with Crippen molar-refractivity contribution in [3.05, 3.63) is 70.2 Å². The van der Waals surface area contributed by atoms with Gasteiger partial charge < -0.3 is 4.90 Å². The summed E-state index contributed by atoms with van der Waals surface area (Å²) >= 11 is 6.22. The van der Waals surface area contributed by atoms with Crippen molar-refractivity contribution in [2.75, 3.05) is 13.6 Å². The van der Waals surface area contributed by atoms with Gasteiger partial charge in [0.2, 0.25) is 0 Å². The third-order valence-corrected chi connectivity index (χ3v) is 5.56. The molecule has 1 nitrogen and oxygen atoms in total. The first kappa shape index (κ1) is 13.4. The third kappa shape index (κ3) is 2.20. The van der Waals surface area contributed by atoms with E-state index < -0.39 is 0 Å². The van der Waals surface area contributed by atoms with Crippen LogP contribution in [-0.4, -0.2) is 24.5 Å². The normalized spacial score (nSPS) is 28.2. The molecule has 0 spiro atoms. The van der Waals surface area contributed by atoms with Crippen molar-refractivity contribution in [3.8, 4) is 0 Å². The predicted octanol–water partition coefficient (Wildman–Crippen LogP) is 4.66. The van der Waals surface area contributed by atoms with E-state index in [4.69, 9.17) is 11.6 Å². The van der Waals surface area contributed by atoms with Crippen LogP contribution in [0.1, 0.15) is 41.4 Å². The van der Waals surface area contributed by atoms with Crippen molar-refractivity contribution in [1.29, 1.82) is 0 Å². The van der Waals surface area contributed by atoms with Crippen molar-refractivity contribution >= 4 is 11.6 Å². The van der Waals surface area contributed by atoms with E-state index in [1.165, 1.54) is 30.5 Å². The molecular weight excluding hydrogens is 278 g/mol. The molecule has 2 aromatic carbocycles. The Morgan fingerprint density at radius 1 is 1.05 bits per heavy atom. The topological polar surface area (TPSA) is 3.24 Å². The van der Waals surface area contributed by atoms with Gasteiger partial charge in [0.1, 0.15) is 0 Å². The van der Waals surface area contributed by atoms with Gasteiger partial charge in [-0.15, -0.1) is 0 Å². The molecule has 2 aromatic rings. The Bertz CT molecular complexity index is 666. The van der Waals surface area contributed by atoms with Crippen LogP contribution in [0.5, 0.6) is 0 Å². The van der Waals surface area contributed by atoms with Gasteiger partial charge in [-0.3, -0.25) is 0 Å². The number of benzene rings is 2. The van der Waals surface area contributed by atoms with Gasteiger partial charge in [0.05, 0.1) is 0 Å². The number of rotatable bonds is 1. The molecule has 0 amide bonds. The quantitative estimate of drug-likeness (QED) is 0.740. The highest BCUT2D eigenvalue weighted by atomic mass is 35.5. The van der Waals surface area contributed by atoms with Gasteiger partial charge in [-0.05, 0) is 55.3 Å². The molecule has 21 heavy (non-hydrogen) atoms. The lowest BCUT2D eigenvalue weighted by Crippen LogP contribution is -2.34. The SMILES string of the molecule is CN1CCC2c3ccccc3C(c3cccc(Cl)c3)C[C@@H]21. The van der Waals surface area contributed by atoms with Crippen molar-refractivity contribution in [2.24, 2.45) is 0 Å². The molecule has 0 N–H and O–H groups in total. The summed E-state index contributed by atoms with van der Waals surface area (Å²) in [4.78, 5) is 2.54. The molecular formula is C19H20ClN. The zero-order valence-corrected chi connectivity index (χ0v) is 13.1. The van der Waals surface area contributed by atoms with E-state index in [1.54, 1.807) is 5.56 Å². The molecule has 0 bridgehead atoms. The first-order valence-corrected chi connectivity index (χ1v) is 8.16. The van der Waals surface area contributed by atoms with Crippen LogP contribution in [0.25, 0.3) is 0 Å². The fourth-order valence-corrected chi connectivity index (χ4v) is 4.49. The van der Waals surface area contributed by atoms with Gasteiger partial charge in [0, 0.05) is 22.9 Å². The second-order valence-electron chi connectivity index (χ2n) is 6.42. The molecule has 0 saturated carbocycles. The zero-order valence-electron chi connectivity index (χ0n) is 12.3. The lowest BCUT2D eigenvalue weighted by molar-refractivity contribution is 0.265. The Labute approximate surface area is 131 Å². The summed E-state index contributed by atoms with van der Waals surface area (Å²) in [6.07, 6.45) is 2.50. The molecule has 108 valence electrons. The number of hydrogen-bond acceptors (Lipinski definition) is 1. The summed E-state index contributed by atoms with van der Waals surface area (Å²) in [6.45, 7) is 1.21. The van der Waals surface area contributed by atoms with Crippen LogP contribution in [0.2, 0.25) is 5.02 Å². The van der Waals surface area contributed by atoms with Crippen molar-refractivity contribution < 1.29 is 0 Å². The summed E-state index contributed by atoms with van der Waals surface area (Å²) in [7, 11) is 2.27. The predicted molar refractivity (Wildman–Crippen MR) is 88.1 cm³/mol. The van der Waals surface area contributed by atoms with Crippen LogP contribution >= 0.6 is 11.6 Å². The second-order valence-corrected chi connectivity index (χ2v) is 6.85. The molecule has 2 aliphatic rings. The van der Waals surface area contributed by atoms with Crippen LogP contribution < -0.4 is 0 Å². The maximum absolute atomic E-state index is 6.22. The average Bonchev–Trinajstić information content (AvgIpc) is 2.88. The molecule has 1 aliphatic heterocycles. The average molecular weight is 298 g/mol. The Morgan fingerprint density at radius 2 is 1.86 bits per heavy atom. The van der Waals surface area contributed by atoms with Gasteiger partial charge >= 0.3 is 0 Å². The van der Waals surface area contributed by atoms with Gasteiger partial charge in [-0.1, -0.05) is 48.0 Å². The van der Waals surface area contributed by atoms with Gasteiger partial charge in [-0.25, -0.2) is 0 Å². The second kappa shape index (κ2) is 5.15. The third-order valence-electron chi connectivity index (χ3n) is 5.32. The minimum atomic E-state index is 0.474. The van der Waals surface area contributed by atoms with E-state index in [2.05, 4.69) is 54.4 Å². The maximum atomic E-state index is 6.22. The minimum Gasteiger partial charge on any atom is -0.303 e. The first-order chi connectivity index (χ1) is 10.2. The monoisotopic (exact) mass is 297 g/mol. The fourth-order valence-electron chi connectivity index (χ4n) is 4.29. The van der Waals surface area contributed by atoms with E-state index in [-0.39, 0.29) is 0 Å². The number of nitrogens with zero attached hydrogens (tertiary/aromatic N) is 1. The Morgan fingerprint density at radius 3 is 2.67 bits per heavy atom. The lowest BCUT2D eigenvalue weighted by Gasteiger charge is -2.37. The standard InChI is InChI=1S/C19H20ClN/c1-21-10-9-17-15-7-2-3-8-16(15)18(12-19(17)21)13-5-4-6-14(20)11-13/h2-8,11,17-19H,9-10,12H2,1H3/t17?,18?,19-/m0/s1. The van der Waals surface area contributed by atoms with E-state index in [1.807, 2.05) is 6.07 Å². The van der Waals surface area contributed by atoms with Crippen LogP contribution in [0.3, 0.4) is 0 Å². The van der Waals surface area contributed by atoms with Crippen LogP contribution in [0, 0.1) is 0 Å². The number of halogens is 1. The van der Waals surface area contributed by atoms with Gasteiger partial charge in [-0.2, -0.15) is 0 Å². The molecule has 0 aromatic heterocycles. The highest BCUT2D eigenvalue weighted by molar-refractivity contribution is 6.30. The number of likely N-dealkylation sites (N-methyl/N-ethyl adjacent to an activating group) is 1. The minimum absolute atomic E-state index is 0.474. The van der Waals surface area contributed by atoms with Crippen molar-refractivity contribution in [1.82, 2.24) is 4.90 Å². The zero-order chi connectivity index (χ0) is 14.4. The molecule has 1 heterocycles. The Hall–Kier alpha value is -1.31. The molecule has 1 aliphatic carbocycles. The maximum Gasteiger partial charge on any atom is 0.0408 e. The summed E-state index contributed by atoms with van der Waals surface area (Å²) in [6, 6.07) is 18.1. The molecule has 2 heteroatoms. The Balaban J connectivity index is 1.83. The summed E-state index contributed by atoms with van der Waals surface area (Å²) in [5.41, 5.74) is 4.42. The number of hydrogen-bond donors (Lipinski definition) is 0. The molecule has 1 fully saturated rings. The number of likely N-dealkylation sites (tertiary alicyclic amines) is 1. The summed E-state index contributed by atoms with van der Waals surface area (Å²) < 4.78 is 0. The van der Waals surface area contributed by atoms with E-state index in [0.29, 0.717) is 17.9 Å². The van der Waals surface area contributed by atoms with Crippen LogP contribution in [0.15, 0.2) is 48.5 Å². The smallest absolute Gasteiger partial charge is 0.0408 e. The van der Waals surface area contributed by atoms with Crippen LogP contribution in [-0.2, 0) is 0 Å². The number of fused-ring (bicyclic) bond motifs is 3. The largest absolute Gasteiger partial charge is 0.303 e. The highest BCUT2D eigenvalue weighted by Crippen LogP contribution is 2.47. The lowest BCUT2D eigenvalue weighted by atomic mass is 9.71. The van der Waals surface area contributed by atoms with Crippen molar-refractivity contribution in [3.63, 3.8) is 0 Å². The van der Waals surface area contributed by atoms with Crippen LogP contribution in [0.4, 0.5) is 0 Å². The van der Waals surface area contributed by atoms with Gasteiger partial charge in [0.25, 0.3) is 0 Å². The molecule has 0 radical (unpaired) electrons. The van der Waals surface area contributed by atoms with E-state index in [0.717, 1.165) is 5.02 Å². The van der Waals surface area contributed by atoms with Crippen molar-refractivity contribution in [2.45, 2.75) is 30.7 Å². The van der Waals surface area contributed by atoms with E-state index in [9.17, 15) is 0 Å². The first-order valence-electron chi connectivity index (χ1n) is 7.78. The Kier molecular flexibility index (Phi) is 3.28. The summed E-state index contributed by atoms with van der Waals surface area (Å²) in [5, 5.41) is 0.840. The van der Waals surface area contributed by atoms with E-state index >= 15 is 0 Å². The fraction of sp³-hybridized carbons (Fsp3) is 0.368. The molecule has 2 unspecified atom stereocenters. The van der Waals surface area contributed by atoms with Gasteiger partial charge in [0.15, 0.2) is 0 Å². The molecule has 1 saturated heterocycles. The molecule has 3 atom stereocenters.